The number of nitrogens with zero attached hydrogens (tertiary/aromatic N) is 2. The molecule has 1 aliphatic heterocycles. The molecule has 132 valence electrons. The summed E-state index contributed by atoms with van der Waals surface area (Å²) in [6.07, 6.45) is 2.38. The molecule has 0 unspecified atom stereocenters. The number of rotatable bonds is 3. The molecule has 24 heavy (non-hydrogen) atoms. The maximum Gasteiger partial charge on any atom is 0.254 e. The molecule has 0 spiro atoms. The summed E-state index contributed by atoms with van der Waals surface area (Å²) in [5.74, 6) is 0.441. The number of amides is 1. The van der Waals surface area contributed by atoms with Crippen LogP contribution in [-0.2, 0) is 16.0 Å². The highest BCUT2D eigenvalue weighted by Crippen LogP contribution is 2.42. The Hall–Kier alpha value is -1.73. The molecule has 1 saturated carbocycles. The molecule has 2 aliphatic rings. The summed E-state index contributed by atoms with van der Waals surface area (Å²) in [6, 6.07) is -0.128. The molecule has 0 bridgehead atoms. The van der Waals surface area contributed by atoms with Crippen LogP contribution in [0.2, 0.25) is 0 Å². The molecule has 1 aromatic heterocycles. The van der Waals surface area contributed by atoms with Gasteiger partial charge in [-0.1, -0.05) is 0 Å². The summed E-state index contributed by atoms with van der Waals surface area (Å²) in [6.45, 7) is 4.07. The SMILES string of the molecule is CO[C@@]12CC[C@@H](O)C[C@@H]1N(C(=O)Cc1c(C)nc(C)[nH]c1=O)CC2. The third kappa shape index (κ3) is 2.86. The second-order valence-electron chi connectivity index (χ2n) is 6.94. The van der Waals surface area contributed by atoms with Gasteiger partial charge in [0, 0.05) is 24.9 Å². The van der Waals surface area contributed by atoms with Gasteiger partial charge in [0.05, 0.1) is 24.2 Å². The lowest BCUT2D eigenvalue weighted by Crippen LogP contribution is -2.53. The van der Waals surface area contributed by atoms with Gasteiger partial charge in [0.1, 0.15) is 5.82 Å². The van der Waals surface area contributed by atoms with Crippen LogP contribution in [-0.4, -0.2) is 57.3 Å². The molecular formula is C17H25N3O4. The molecule has 1 aromatic rings. The maximum atomic E-state index is 12.8. The van der Waals surface area contributed by atoms with Crippen LogP contribution < -0.4 is 5.56 Å². The summed E-state index contributed by atoms with van der Waals surface area (Å²) < 4.78 is 5.76. The van der Waals surface area contributed by atoms with Crippen LogP contribution in [0.4, 0.5) is 0 Å². The molecule has 2 heterocycles. The van der Waals surface area contributed by atoms with Crippen molar-refractivity contribution >= 4 is 5.91 Å². The summed E-state index contributed by atoms with van der Waals surface area (Å²) in [7, 11) is 1.68. The van der Waals surface area contributed by atoms with Crippen molar-refractivity contribution in [3.8, 4) is 0 Å². The number of hydrogen-bond donors (Lipinski definition) is 2. The Morgan fingerprint density at radius 3 is 2.88 bits per heavy atom. The van der Waals surface area contributed by atoms with Gasteiger partial charge in [-0.15, -0.1) is 0 Å². The summed E-state index contributed by atoms with van der Waals surface area (Å²) in [5.41, 5.74) is 0.388. The average molecular weight is 335 g/mol. The van der Waals surface area contributed by atoms with E-state index in [4.69, 9.17) is 4.74 Å². The number of aromatic amines is 1. The first-order valence-corrected chi connectivity index (χ1v) is 8.45. The molecule has 3 rings (SSSR count). The number of aliphatic hydroxyl groups is 1. The van der Waals surface area contributed by atoms with E-state index in [9.17, 15) is 14.7 Å². The molecule has 7 nitrogen and oxygen atoms in total. The smallest absolute Gasteiger partial charge is 0.254 e. The number of nitrogens with one attached hydrogen (secondary N) is 1. The molecule has 3 atom stereocenters. The minimum atomic E-state index is -0.405. The normalized spacial score (nSPS) is 29.6. The van der Waals surface area contributed by atoms with E-state index in [1.54, 1.807) is 25.9 Å². The molecule has 7 heteroatoms. The van der Waals surface area contributed by atoms with Crippen molar-refractivity contribution in [3.63, 3.8) is 0 Å². The number of ether oxygens (including phenoxy) is 1. The number of aromatic nitrogens is 2. The quantitative estimate of drug-likeness (QED) is 0.837. The Balaban J connectivity index is 1.82. The van der Waals surface area contributed by atoms with Gasteiger partial charge in [-0.05, 0) is 39.5 Å². The zero-order valence-corrected chi connectivity index (χ0v) is 14.5. The first-order valence-electron chi connectivity index (χ1n) is 8.45. The topological polar surface area (TPSA) is 95.5 Å². The van der Waals surface area contributed by atoms with Gasteiger partial charge < -0.3 is 19.7 Å². The van der Waals surface area contributed by atoms with Crippen molar-refractivity contribution in [3.05, 3.63) is 27.4 Å². The fraction of sp³-hybridized carbons (Fsp3) is 0.706. The van der Waals surface area contributed by atoms with Crippen LogP contribution in [0, 0.1) is 13.8 Å². The Morgan fingerprint density at radius 1 is 1.46 bits per heavy atom. The number of H-pyrrole nitrogens is 1. The first-order chi connectivity index (χ1) is 11.4. The minimum absolute atomic E-state index is 0.0286. The molecular weight excluding hydrogens is 310 g/mol. The van der Waals surface area contributed by atoms with Crippen LogP contribution in [0.5, 0.6) is 0 Å². The predicted octanol–water partition coefficient (Wildman–Crippen LogP) is 0.460. The number of carbonyl (C=O) groups excluding carboxylic acids is 1. The fourth-order valence-electron chi connectivity index (χ4n) is 4.19. The van der Waals surface area contributed by atoms with Gasteiger partial charge >= 0.3 is 0 Å². The Morgan fingerprint density at radius 2 is 2.21 bits per heavy atom. The minimum Gasteiger partial charge on any atom is -0.393 e. The van der Waals surface area contributed by atoms with Crippen LogP contribution in [0.1, 0.15) is 42.8 Å². The van der Waals surface area contributed by atoms with E-state index in [1.807, 2.05) is 0 Å². The van der Waals surface area contributed by atoms with Crippen molar-refractivity contribution in [1.29, 1.82) is 0 Å². The number of likely N-dealkylation sites (tertiary alicyclic amines) is 1. The van der Waals surface area contributed by atoms with Gasteiger partial charge in [-0.3, -0.25) is 9.59 Å². The highest BCUT2D eigenvalue weighted by atomic mass is 16.5. The maximum absolute atomic E-state index is 12.8. The lowest BCUT2D eigenvalue weighted by atomic mass is 9.79. The third-order valence-corrected chi connectivity index (χ3v) is 5.55. The number of methoxy groups -OCH3 is 1. The van der Waals surface area contributed by atoms with Crippen molar-refractivity contribution in [2.75, 3.05) is 13.7 Å². The van der Waals surface area contributed by atoms with E-state index in [-0.39, 0.29) is 29.5 Å². The standard InChI is InChI=1S/C17H25N3O4/c1-10-13(16(23)19-11(2)18-10)9-15(22)20-7-6-17(24-3)5-4-12(21)8-14(17)20/h12,14,21H,4-9H2,1-3H3,(H,18,19,23)/t12-,14+,17-/m1/s1. The van der Waals surface area contributed by atoms with Crippen molar-refractivity contribution in [2.45, 2.75) is 63.7 Å². The Bertz CT molecular complexity index is 702. The number of fused-ring (bicyclic) bond motifs is 1. The largest absolute Gasteiger partial charge is 0.393 e. The predicted molar refractivity (Wildman–Crippen MR) is 87.8 cm³/mol. The lowest BCUT2D eigenvalue weighted by Gasteiger charge is -2.42. The van der Waals surface area contributed by atoms with Crippen LogP contribution in [0.25, 0.3) is 0 Å². The first kappa shape index (κ1) is 17.1. The molecule has 2 N–H and O–H groups in total. The van der Waals surface area contributed by atoms with Crippen molar-refractivity contribution in [2.24, 2.45) is 0 Å². The number of carbonyl (C=O) groups is 1. The van der Waals surface area contributed by atoms with Gasteiger partial charge in [-0.2, -0.15) is 0 Å². The van der Waals surface area contributed by atoms with E-state index >= 15 is 0 Å². The van der Waals surface area contributed by atoms with E-state index in [0.29, 0.717) is 36.5 Å². The second-order valence-corrected chi connectivity index (χ2v) is 6.94. The Kier molecular flexibility index (Phi) is 4.48. The average Bonchev–Trinajstić information content (AvgIpc) is 2.90. The fourth-order valence-corrected chi connectivity index (χ4v) is 4.19. The second kappa shape index (κ2) is 6.29. The van der Waals surface area contributed by atoms with Gasteiger partial charge in [0.15, 0.2) is 0 Å². The number of aryl methyl sites for hydroxylation is 2. The van der Waals surface area contributed by atoms with Gasteiger partial charge in [0.2, 0.25) is 5.91 Å². The molecule has 0 aromatic carbocycles. The summed E-state index contributed by atoms with van der Waals surface area (Å²) in [5, 5.41) is 10.0. The monoisotopic (exact) mass is 335 g/mol. The number of aliphatic hydroxyl groups excluding tert-OH is 1. The zero-order valence-electron chi connectivity index (χ0n) is 14.5. The zero-order chi connectivity index (χ0) is 17.5. The molecule has 2 fully saturated rings. The molecule has 1 saturated heterocycles. The third-order valence-electron chi connectivity index (χ3n) is 5.55. The highest BCUT2D eigenvalue weighted by molar-refractivity contribution is 5.79. The van der Waals surface area contributed by atoms with E-state index in [1.165, 1.54) is 0 Å². The van der Waals surface area contributed by atoms with E-state index < -0.39 is 6.10 Å². The van der Waals surface area contributed by atoms with Gasteiger partial charge in [0.25, 0.3) is 5.56 Å². The summed E-state index contributed by atoms with van der Waals surface area (Å²) >= 11 is 0. The summed E-state index contributed by atoms with van der Waals surface area (Å²) in [4.78, 5) is 33.7. The van der Waals surface area contributed by atoms with E-state index in [2.05, 4.69) is 9.97 Å². The lowest BCUT2D eigenvalue weighted by molar-refractivity contribution is -0.139. The van der Waals surface area contributed by atoms with Crippen molar-refractivity contribution in [1.82, 2.24) is 14.9 Å². The molecule has 1 amide bonds. The molecule has 0 radical (unpaired) electrons. The Labute approximate surface area is 141 Å². The van der Waals surface area contributed by atoms with Gasteiger partial charge in [-0.25, -0.2) is 4.98 Å². The van der Waals surface area contributed by atoms with Crippen LogP contribution in [0.3, 0.4) is 0 Å². The number of hydrogen-bond acceptors (Lipinski definition) is 5. The van der Waals surface area contributed by atoms with E-state index in [0.717, 1.165) is 12.8 Å². The molecule has 1 aliphatic carbocycles. The van der Waals surface area contributed by atoms with Crippen LogP contribution >= 0.6 is 0 Å². The highest BCUT2D eigenvalue weighted by Gasteiger charge is 2.52. The van der Waals surface area contributed by atoms with Crippen LogP contribution in [0.15, 0.2) is 4.79 Å². The van der Waals surface area contributed by atoms with Crippen molar-refractivity contribution < 1.29 is 14.6 Å².